The summed E-state index contributed by atoms with van der Waals surface area (Å²) in [7, 11) is 0. The average molecular weight is 429 g/mol. The van der Waals surface area contributed by atoms with E-state index in [0.717, 1.165) is 31.5 Å². The third kappa shape index (κ3) is 5.47. The minimum atomic E-state index is -1.20. The predicted molar refractivity (Wildman–Crippen MR) is 102 cm³/mol. The fourth-order valence-electron chi connectivity index (χ4n) is 3.55. The molecule has 1 aliphatic rings. The van der Waals surface area contributed by atoms with Crippen LogP contribution in [0.15, 0.2) is 30.3 Å². The summed E-state index contributed by atoms with van der Waals surface area (Å²) < 4.78 is 72.4. The molecule has 0 unspecified atom stereocenters. The summed E-state index contributed by atoms with van der Waals surface area (Å²) in [6, 6.07) is 6.93. The molecule has 0 aromatic heterocycles. The number of hydrogen-bond acceptors (Lipinski definition) is 5. The van der Waals surface area contributed by atoms with Crippen molar-refractivity contribution < 1.29 is 36.5 Å². The lowest BCUT2D eigenvalue weighted by atomic mass is 9.87. The Labute approximate surface area is 171 Å². The molecular formula is C21H23F4NO4. The van der Waals surface area contributed by atoms with Crippen LogP contribution in [0.1, 0.15) is 29.9 Å². The van der Waals surface area contributed by atoms with E-state index >= 15 is 0 Å². The molecule has 164 valence electrons. The number of nitrogens with one attached hydrogen (secondary N) is 1. The van der Waals surface area contributed by atoms with Crippen LogP contribution >= 0.6 is 0 Å². The maximum Gasteiger partial charge on any atom is 0.228 e. The largest absolute Gasteiger partial charge is 0.482 e. The van der Waals surface area contributed by atoms with Gasteiger partial charge in [0.1, 0.15) is 18.2 Å². The van der Waals surface area contributed by atoms with Crippen molar-refractivity contribution in [3.05, 3.63) is 47.3 Å². The number of halogens is 4. The molecule has 9 heteroatoms. The van der Waals surface area contributed by atoms with Gasteiger partial charge in [-0.3, -0.25) is 0 Å². The molecule has 0 radical (unpaired) electrons. The lowest BCUT2D eigenvalue weighted by molar-refractivity contribution is 0.156. The minimum Gasteiger partial charge on any atom is -0.482 e. The number of hydrogen-bond donors (Lipinski definition) is 1. The number of benzene rings is 2. The van der Waals surface area contributed by atoms with Crippen LogP contribution in [0, 0.1) is 5.82 Å². The smallest absolute Gasteiger partial charge is 0.228 e. The van der Waals surface area contributed by atoms with Gasteiger partial charge in [-0.2, -0.15) is 0 Å². The molecule has 5 nitrogen and oxygen atoms in total. The third-order valence-corrected chi connectivity index (χ3v) is 4.89. The molecule has 1 aliphatic heterocycles. The highest BCUT2D eigenvalue weighted by Crippen LogP contribution is 2.42. The van der Waals surface area contributed by atoms with Crippen LogP contribution in [-0.4, -0.2) is 33.7 Å². The van der Waals surface area contributed by atoms with Crippen LogP contribution in [0.5, 0.6) is 23.0 Å². The van der Waals surface area contributed by atoms with Crippen LogP contribution in [0.4, 0.5) is 17.6 Å². The Hall–Kier alpha value is -2.68. The van der Waals surface area contributed by atoms with Crippen LogP contribution in [0.25, 0.3) is 0 Å². The second kappa shape index (κ2) is 10.9. The Bertz CT molecular complexity index is 804. The molecule has 0 spiro atoms. The van der Waals surface area contributed by atoms with Crippen molar-refractivity contribution in [2.24, 2.45) is 0 Å². The van der Waals surface area contributed by atoms with Gasteiger partial charge in [0.25, 0.3) is 0 Å². The molecule has 2 aromatic carbocycles. The predicted octanol–water partition coefficient (Wildman–Crippen LogP) is 4.79. The Kier molecular flexibility index (Phi) is 8.01. The molecule has 3 rings (SSSR count). The van der Waals surface area contributed by atoms with Crippen molar-refractivity contribution in [2.75, 3.05) is 33.7 Å². The molecule has 1 fully saturated rings. The SMILES string of the molecule is FCOc1cc(OCF)c(OCc2cc(F)ccc2C2CCNCC2)c(OCF)c1. The second-order valence-corrected chi connectivity index (χ2v) is 6.67. The van der Waals surface area contributed by atoms with Crippen LogP contribution in [0.3, 0.4) is 0 Å². The van der Waals surface area contributed by atoms with Crippen LogP contribution < -0.4 is 24.3 Å². The first kappa shape index (κ1) is 22.0. The molecule has 2 aromatic rings. The zero-order chi connectivity index (χ0) is 21.3. The molecule has 0 aliphatic carbocycles. The van der Waals surface area contributed by atoms with Gasteiger partial charge < -0.3 is 24.3 Å². The van der Waals surface area contributed by atoms with E-state index in [1.165, 1.54) is 24.3 Å². The molecule has 0 atom stereocenters. The normalized spacial score (nSPS) is 14.4. The van der Waals surface area contributed by atoms with E-state index in [1.54, 1.807) is 6.07 Å². The Morgan fingerprint density at radius 2 is 1.47 bits per heavy atom. The van der Waals surface area contributed by atoms with Crippen molar-refractivity contribution in [3.63, 3.8) is 0 Å². The minimum absolute atomic E-state index is 0.0436. The number of rotatable bonds is 10. The van der Waals surface area contributed by atoms with Gasteiger partial charge in [0.15, 0.2) is 11.5 Å². The zero-order valence-corrected chi connectivity index (χ0v) is 16.3. The highest BCUT2D eigenvalue weighted by Gasteiger charge is 2.21. The lowest BCUT2D eigenvalue weighted by Gasteiger charge is -2.25. The third-order valence-electron chi connectivity index (χ3n) is 4.89. The fourth-order valence-corrected chi connectivity index (χ4v) is 3.55. The van der Waals surface area contributed by atoms with Gasteiger partial charge in [-0.1, -0.05) is 6.07 Å². The van der Waals surface area contributed by atoms with Crippen LogP contribution in [-0.2, 0) is 6.61 Å². The number of alkyl halides is 3. The van der Waals surface area contributed by atoms with Gasteiger partial charge in [0.2, 0.25) is 26.3 Å². The first-order valence-electron chi connectivity index (χ1n) is 9.52. The van der Waals surface area contributed by atoms with Gasteiger partial charge >= 0.3 is 0 Å². The molecule has 1 N–H and O–H groups in total. The van der Waals surface area contributed by atoms with Gasteiger partial charge in [0, 0.05) is 12.1 Å². The first-order valence-corrected chi connectivity index (χ1v) is 9.52. The Balaban J connectivity index is 1.89. The van der Waals surface area contributed by atoms with Gasteiger partial charge in [-0.05, 0) is 55.1 Å². The van der Waals surface area contributed by atoms with E-state index in [-0.39, 0.29) is 35.5 Å². The Morgan fingerprint density at radius 3 is 2.07 bits per heavy atom. The lowest BCUT2D eigenvalue weighted by Crippen LogP contribution is -2.27. The van der Waals surface area contributed by atoms with Crippen LogP contribution in [0.2, 0.25) is 0 Å². The zero-order valence-electron chi connectivity index (χ0n) is 16.3. The molecule has 0 bridgehead atoms. The summed E-state index contributed by atoms with van der Waals surface area (Å²) in [6.45, 7) is -1.91. The maximum atomic E-state index is 13.9. The highest BCUT2D eigenvalue weighted by atomic mass is 19.1. The fraction of sp³-hybridized carbons (Fsp3) is 0.429. The highest BCUT2D eigenvalue weighted by molar-refractivity contribution is 5.56. The van der Waals surface area contributed by atoms with E-state index in [4.69, 9.17) is 18.9 Å². The number of ether oxygens (including phenoxy) is 4. The van der Waals surface area contributed by atoms with Crippen molar-refractivity contribution >= 4 is 0 Å². The van der Waals surface area contributed by atoms with Crippen molar-refractivity contribution in [1.82, 2.24) is 5.32 Å². The van der Waals surface area contributed by atoms with E-state index in [0.29, 0.717) is 5.56 Å². The van der Waals surface area contributed by atoms with Gasteiger partial charge in [-0.25, -0.2) is 17.6 Å². The first-order chi connectivity index (χ1) is 14.7. The molecule has 0 amide bonds. The van der Waals surface area contributed by atoms with Crippen molar-refractivity contribution in [3.8, 4) is 23.0 Å². The summed E-state index contributed by atoms with van der Waals surface area (Å²) in [6.07, 6.45) is 1.81. The maximum absolute atomic E-state index is 13.9. The quantitative estimate of drug-likeness (QED) is 0.551. The summed E-state index contributed by atoms with van der Waals surface area (Å²) in [5.41, 5.74) is 1.57. The summed E-state index contributed by atoms with van der Waals surface area (Å²) >= 11 is 0. The van der Waals surface area contributed by atoms with Gasteiger partial charge in [-0.15, -0.1) is 0 Å². The van der Waals surface area contributed by atoms with E-state index in [1.807, 2.05) is 0 Å². The average Bonchev–Trinajstić information content (AvgIpc) is 2.74. The molecular weight excluding hydrogens is 406 g/mol. The van der Waals surface area contributed by atoms with E-state index < -0.39 is 26.4 Å². The summed E-state index contributed by atoms with van der Waals surface area (Å²) in [5.74, 6) is -0.597. The second-order valence-electron chi connectivity index (χ2n) is 6.67. The summed E-state index contributed by atoms with van der Waals surface area (Å²) in [5, 5.41) is 3.28. The van der Waals surface area contributed by atoms with Gasteiger partial charge in [0.05, 0.1) is 0 Å². The Morgan fingerprint density at radius 1 is 0.833 bits per heavy atom. The molecule has 1 saturated heterocycles. The monoisotopic (exact) mass is 429 g/mol. The topological polar surface area (TPSA) is 49.0 Å². The van der Waals surface area contributed by atoms with Crippen molar-refractivity contribution in [1.29, 1.82) is 0 Å². The number of piperidine rings is 1. The van der Waals surface area contributed by atoms with Crippen molar-refractivity contribution in [2.45, 2.75) is 25.4 Å². The molecule has 1 heterocycles. The van der Waals surface area contributed by atoms with E-state index in [9.17, 15) is 17.6 Å². The molecule has 0 saturated carbocycles. The molecule has 30 heavy (non-hydrogen) atoms. The summed E-state index contributed by atoms with van der Waals surface area (Å²) in [4.78, 5) is 0. The van der Waals surface area contributed by atoms with E-state index in [2.05, 4.69) is 5.32 Å². The standard InChI is InChI=1S/C21H23F4NO4/c22-11-28-17-8-19(29-12-23)21(20(9-17)30-13-24)27-10-15-7-16(25)1-2-18(15)14-3-5-26-6-4-14/h1-2,7-9,14,26H,3-6,10-13H2.